The van der Waals surface area contributed by atoms with E-state index in [4.69, 9.17) is 0 Å². The number of aromatic nitrogens is 2. The molecule has 0 unspecified atom stereocenters. The highest BCUT2D eigenvalue weighted by Gasteiger charge is 2.14. The molecule has 2 aromatic carbocycles. The van der Waals surface area contributed by atoms with Crippen LogP contribution >= 0.6 is 11.8 Å². The van der Waals surface area contributed by atoms with Crippen molar-refractivity contribution in [2.75, 3.05) is 5.32 Å². The zero-order chi connectivity index (χ0) is 20.8. The third kappa shape index (κ3) is 5.65. The standard InChI is InChI=1S/C22H21N3O3S/c1-14-19(12-20(27)24-18-10-6-9-17(11-18)15(2)26)21(28)25-22(23-14)29-13-16-7-4-3-5-8-16/h3-11H,12-13H2,1-2H3,(H,24,27)(H,23,25,28). The Bertz CT molecular complexity index is 1090. The van der Waals surface area contributed by atoms with E-state index in [0.29, 0.717) is 33.4 Å². The molecule has 2 N–H and O–H groups in total. The van der Waals surface area contributed by atoms with Gasteiger partial charge in [0, 0.05) is 28.3 Å². The minimum Gasteiger partial charge on any atom is -0.326 e. The summed E-state index contributed by atoms with van der Waals surface area (Å²) in [6, 6.07) is 16.6. The third-order valence-corrected chi connectivity index (χ3v) is 5.25. The smallest absolute Gasteiger partial charge is 0.255 e. The molecule has 0 aliphatic rings. The molecule has 3 aromatic rings. The highest BCUT2D eigenvalue weighted by atomic mass is 32.2. The summed E-state index contributed by atoms with van der Waals surface area (Å²) >= 11 is 1.44. The van der Waals surface area contributed by atoms with Gasteiger partial charge in [-0.3, -0.25) is 14.4 Å². The van der Waals surface area contributed by atoms with Crippen molar-refractivity contribution >= 4 is 29.1 Å². The third-order valence-electron chi connectivity index (χ3n) is 4.31. The molecule has 1 aromatic heterocycles. The fourth-order valence-electron chi connectivity index (χ4n) is 2.77. The van der Waals surface area contributed by atoms with Crippen LogP contribution in [0, 0.1) is 6.92 Å². The van der Waals surface area contributed by atoms with Crippen molar-refractivity contribution in [3.8, 4) is 0 Å². The Morgan fingerprint density at radius 3 is 2.55 bits per heavy atom. The number of rotatable bonds is 7. The molecule has 0 bridgehead atoms. The lowest BCUT2D eigenvalue weighted by molar-refractivity contribution is -0.115. The second-order valence-electron chi connectivity index (χ2n) is 6.57. The van der Waals surface area contributed by atoms with Crippen LogP contribution in [0.4, 0.5) is 5.69 Å². The van der Waals surface area contributed by atoms with Gasteiger partial charge in [0.2, 0.25) is 5.91 Å². The van der Waals surface area contributed by atoms with Crippen molar-refractivity contribution in [1.82, 2.24) is 9.97 Å². The number of ketones is 1. The average Bonchev–Trinajstić information content (AvgIpc) is 2.70. The predicted octanol–water partition coefficient (Wildman–Crippen LogP) is 3.75. The van der Waals surface area contributed by atoms with E-state index in [2.05, 4.69) is 15.3 Å². The quantitative estimate of drug-likeness (QED) is 0.353. The number of thioether (sulfide) groups is 1. The molecule has 6 nitrogen and oxygen atoms in total. The molecule has 3 rings (SSSR count). The number of hydrogen-bond donors (Lipinski definition) is 2. The van der Waals surface area contributed by atoms with Gasteiger partial charge < -0.3 is 10.3 Å². The van der Waals surface area contributed by atoms with E-state index in [-0.39, 0.29) is 23.7 Å². The largest absolute Gasteiger partial charge is 0.326 e. The highest BCUT2D eigenvalue weighted by Crippen LogP contribution is 2.19. The molecule has 0 aliphatic heterocycles. The van der Waals surface area contributed by atoms with Crippen LogP contribution < -0.4 is 10.9 Å². The number of H-pyrrole nitrogens is 1. The van der Waals surface area contributed by atoms with Crippen LogP contribution in [0.25, 0.3) is 0 Å². The number of carbonyl (C=O) groups is 2. The van der Waals surface area contributed by atoms with Gasteiger partial charge in [-0.1, -0.05) is 54.2 Å². The number of aryl methyl sites for hydroxylation is 1. The number of nitrogens with one attached hydrogen (secondary N) is 2. The highest BCUT2D eigenvalue weighted by molar-refractivity contribution is 7.98. The summed E-state index contributed by atoms with van der Waals surface area (Å²) in [7, 11) is 0. The van der Waals surface area contributed by atoms with E-state index in [1.165, 1.54) is 18.7 Å². The summed E-state index contributed by atoms with van der Waals surface area (Å²) < 4.78 is 0. The summed E-state index contributed by atoms with van der Waals surface area (Å²) in [6.07, 6.45) is -0.0951. The first kappa shape index (κ1) is 20.5. The number of nitrogens with zero attached hydrogens (tertiary/aromatic N) is 1. The molecule has 0 saturated heterocycles. The lowest BCUT2D eigenvalue weighted by atomic mass is 10.1. The normalized spacial score (nSPS) is 10.6. The van der Waals surface area contributed by atoms with Gasteiger partial charge in [0.25, 0.3) is 5.56 Å². The second-order valence-corrected chi connectivity index (χ2v) is 7.54. The van der Waals surface area contributed by atoms with E-state index in [1.807, 2.05) is 30.3 Å². The van der Waals surface area contributed by atoms with Crippen molar-refractivity contribution in [2.24, 2.45) is 0 Å². The number of hydrogen-bond acceptors (Lipinski definition) is 5. The summed E-state index contributed by atoms with van der Waals surface area (Å²) in [6.45, 7) is 3.19. The molecule has 0 aliphatic carbocycles. The summed E-state index contributed by atoms with van der Waals surface area (Å²) in [5.74, 6) is 0.266. The van der Waals surface area contributed by atoms with Crippen LogP contribution in [0.15, 0.2) is 64.5 Å². The average molecular weight is 407 g/mol. The van der Waals surface area contributed by atoms with Gasteiger partial charge in [-0.2, -0.15) is 0 Å². The summed E-state index contributed by atoms with van der Waals surface area (Å²) in [5.41, 5.74) is 2.69. The Morgan fingerprint density at radius 2 is 1.86 bits per heavy atom. The lowest BCUT2D eigenvalue weighted by Crippen LogP contribution is -2.23. The molecular weight excluding hydrogens is 386 g/mol. The topological polar surface area (TPSA) is 91.9 Å². The van der Waals surface area contributed by atoms with Gasteiger partial charge in [-0.05, 0) is 31.5 Å². The number of aromatic amines is 1. The monoisotopic (exact) mass is 407 g/mol. The zero-order valence-electron chi connectivity index (χ0n) is 16.2. The Labute approximate surface area is 172 Å². The molecule has 0 spiro atoms. The predicted molar refractivity (Wildman–Crippen MR) is 114 cm³/mol. The summed E-state index contributed by atoms with van der Waals surface area (Å²) in [5, 5.41) is 3.25. The molecule has 7 heteroatoms. The number of anilines is 1. The van der Waals surface area contributed by atoms with Gasteiger partial charge in [-0.25, -0.2) is 4.98 Å². The maximum atomic E-state index is 12.5. The van der Waals surface area contributed by atoms with Crippen LogP contribution in [0.1, 0.15) is 34.1 Å². The van der Waals surface area contributed by atoms with Crippen LogP contribution in [-0.2, 0) is 17.0 Å². The van der Waals surface area contributed by atoms with E-state index in [0.717, 1.165) is 5.56 Å². The fraction of sp³-hybridized carbons (Fsp3) is 0.182. The van der Waals surface area contributed by atoms with Crippen molar-refractivity contribution in [3.05, 3.63) is 87.3 Å². The molecule has 0 saturated carbocycles. The van der Waals surface area contributed by atoms with Gasteiger partial charge in [-0.15, -0.1) is 0 Å². The van der Waals surface area contributed by atoms with Gasteiger partial charge in [0.15, 0.2) is 10.9 Å². The minimum absolute atomic E-state index is 0.0822. The van der Waals surface area contributed by atoms with Crippen LogP contribution in [0.2, 0.25) is 0 Å². The van der Waals surface area contributed by atoms with Crippen molar-refractivity contribution < 1.29 is 9.59 Å². The second kappa shape index (κ2) is 9.34. The molecule has 148 valence electrons. The molecule has 0 fully saturated rings. The first-order valence-electron chi connectivity index (χ1n) is 9.10. The van der Waals surface area contributed by atoms with E-state index < -0.39 is 0 Å². The SMILES string of the molecule is CC(=O)c1cccc(NC(=O)Cc2c(C)nc(SCc3ccccc3)[nH]c2=O)c1. The van der Waals surface area contributed by atoms with Crippen molar-refractivity contribution in [3.63, 3.8) is 0 Å². The lowest BCUT2D eigenvalue weighted by Gasteiger charge is -2.09. The van der Waals surface area contributed by atoms with Crippen LogP contribution in [0.5, 0.6) is 0 Å². The first-order chi connectivity index (χ1) is 13.9. The van der Waals surface area contributed by atoms with Crippen LogP contribution in [0.3, 0.4) is 0 Å². The minimum atomic E-state index is -0.342. The molecule has 1 amide bonds. The Morgan fingerprint density at radius 1 is 1.10 bits per heavy atom. The molecule has 1 heterocycles. The van der Waals surface area contributed by atoms with Gasteiger partial charge >= 0.3 is 0 Å². The molecule has 0 atom stereocenters. The van der Waals surface area contributed by atoms with Gasteiger partial charge in [0.1, 0.15) is 0 Å². The number of benzene rings is 2. The summed E-state index contributed by atoms with van der Waals surface area (Å²) in [4.78, 5) is 43.5. The molecular formula is C22H21N3O3S. The Hall–Kier alpha value is -3.19. The number of amides is 1. The number of carbonyl (C=O) groups excluding carboxylic acids is 2. The van der Waals surface area contributed by atoms with E-state index in [9.17, 15) is 14.4 Å². The Balaban J connectivity index is 1.67. The fourth-order valence-corrected chi connectivity index (χ4v) is 3.63. The first-order valence-corrected chi connectivity index (χ1v) is 10.1. The van der Waals surface area contributed by atoms with E-state index in [1.54, 1.807) is 31.2 Å². The van der Waals surface area contributed by atoms with Crippen molar-refractivity contribution in [1.29, 1.82) is 0 Å². The maximum absolute atomic E-state index is 12.5. The molecule has 0 radical (unpaired) electrons. The number of Topliss-reactive ketones (excluding diaryl/α,β-unsaturated/α-hetero) is 1. The van der Waals surface area contributed by atoms with Gasteiger partial charge in [0.05, 0.1) is 6.42 Å². The molecule has 29 heavy (non-hydrogen) atoms. The Kier molecular flexibility index (Phi) is 6.61. The maximum Gasteiger partial charge on any atom is 0.255 e. The van der Waals surface area contributed by atoms with E-state index >= 15 is 0 Å². The van der Waals surface area contributed by atoms with Crippen molar-refractivity contribution in [2.45, 2.75) is 31.2 Å². The van der Waals surface area contributed by atoms with Crippen LogP contribution in [-0.4, -0.2) is 21.7 Å². The zero-order valence-corrected chi connectivity index (χ0v) is 17.0.